The minimum Gasteiger partial charge on any atom is -0.384 e. The van der Waals surface area contributed by atoms with Gasteiger partial charge in [-0.15, -0.1) is 0 Å². The third kappa shape index (κ3) is 5.50. The van der Waals surface area contributed by atoms with E-state index in [1.54, 1.807) is 35.4 Å². The lowest BCUT2D eigenvalue weighted by molar-refractivity contribution is 0.0397. The summed E-state index contributed by atoms with van der Waals surface area (Å²) in [6.07, 6.45) is 5.12. The SMILES string of the molecule is CN(C)c1nc(/C(=C/NCc2cccc(C3(O)CCCC3)n2)N=N)cc(-c2cccc(C#N)c2)n1. The van der Waals surface area contributed by atoms with Gasteiger partial charge in [0.25, 0.3) is 0 Å². The van der Waals surface area contributed by atoms with Crippen LogP contribution < -0.4 is 10.2 Å². The van der Waals surface area contributed by atoms with Gasteiger partial charge < -0.3 is 15.3 Å². The van der Waals surface area contributed by atoms with Gasteiger partial charge in [0.05, 0.1) is 41.0 Å². The number of aromatic nitrogens is 3. The molecular weight excluding hydrogens is 440 g/mol. The maximum atomic E-state index is 10.8. The summed E-state index contributed by atoms with van der Waals surface area (Å²) in [4.78, 5) is 15.6. The van der Waals surface area contributed by atoms with Crippen molar-refractivity contribution in [2.24, 2.45) is 5.11 Å². The summed E-state index contributed by atoms with van der Waals surface area (Å²) in [5.41, 5.74) is 11.1. The number of anilines is 1. The van der Waals surface area contributed by atoms with Crippen LogP contribution >= 0.6 is 0 Å². The third-order valence-corrected chi connectivity index (χ3v) is 6.02. The molecule has 2 heterocycles. The topological polar surface area (TPSA) is 134 Å². The van der Waals surface area contributed by atoms with Crippen molar-refractivity contribution in [1.29, 1.82) is 10.8 Å². The monoisotopic (exact) mass is 468 g/mol. The molecule has 1 aromatic carbocycles. The largest absolute Gasteiger partial charge is 0.384 e. The van der Waals surface area contributed by atoms with E-state index in [9.17, 15) is 10.4 Å². The molecule has 0 unspecified atom stereocenters. The molecule has 0 atom stereocenters. The normalized spacial score (nSPS) is 14.9. The molecule has 0 spiro atoms. The van der Waals surface area contributed by atoms with E-state index in [-0.39, 0.29) is 0 Å². The zero-order valence-corrected chi connectivity index (χ0v) is 19.9. The van der Waals surface area contributed by atoms with E-state index < -0.39 is 5.60 Å². The molecule has 2 aromatic heterocycles. The Labute approximate surface area is 204 Å². The number of rotatable bonds is 8. The highest BCUT2D eigenvalue weighted by atomic mass is 16.3. The molecule has 9 nitrogen and oxygen atoms in total. The molecule has 1 fully saturated rings. The molecule has 0 saturated heterocycles. The van der Waals surface area contributed by atoms with Crippen LogP contribution in [0.15, 0.2) is 59.8 Å². The number of benzene rings is 1. The van der Waals surface area contributed by atoms with Crippen LogP contribution in [0.25, 0.3) is 17.0 Å². The maximum absolute atomic E-state index is 10.8. The van der Waals surface area contributed by atoms with E-state index >= 15 is 0 Å². The van der Waals surface area contributed by atoms with Crippen LogP contribution in [0.1, 0.15) is 48.3 Å². The fourth-order valence-corrected chi connectivity index (χ4v) is 4.13. The van der Waals surface area contributed by atoms with Gasteiger partial charge in [0.15, 0.2) is 0 Å². The summed E-state index contributed by atoms with van der Waals surface area (Å²) in [7, 11) is 3.68. The van der Waals surface area contributed by atoms with E-state index in [1.165, 1.54) is 0 Å². The Kier molecular flexibility index (Phi) is 7.13. The standard InChI is InChI=1S/C26H28N8O/c1-34(2)25-31-21(19-8-5-7-18(13-19)15-27)14-22(32-25)23(33-28)17-29-16-20-9-6-10-24(30-20)26(35)11-3-4-12-26/h5-10,13-14,17,28-29,35H,3-4,11-12,16H2,1-2H3/b23-17-,33-28?. The van der Waals surface area contributed by atoms with Gasteiger partial charge in [-0.25, -0.2) is 15.5 Å². The van der Waals surface area contributed by atoms with Crippen molar-refractivity contribution in [3.05, 3.63) is 77.4 Å². The molecule has 4 rings (SSSR count). The van der Waals surface area contributed by atoms with Gasteiger partial charge in [-0.2, -0.15) is 10.4 Å². The van der Waals surface area contributed by atoms with Crippen LogP contribution in [-0.2, 0) is 12.1 Å². The van der Waals surface area contributed by atoms with Gasteiger partial charge in [0.1, 0.15) is 11.3 Å². The quantitative estimate of drug-likeness (QED) is 0.418. The summed E-state index contributed by atoms with van der Waals surface area (Å²) in [5, 5.41) is 26.9. The van der Waals surface area contributed by atoms with Crippen molar-refractivity contribution in [2.45, 2.75) is 37.8 Å². The van der Waals surface area contributed by atoms with E-state index in [4.69, 9.17) is 5.53 Å². The molecule has 35 heavy (non-hydrogen) atoms. The Bertz CT molecular complexity index is 1290. The van der Waals surface area contributed by atoms with E-state index in [2.05, 4.69) is 31.5 Å². The van der Waals surface area contributed by atoms with E-state index in [0.717, 1.165) is 36.9 Å². The first-order chi connectivity index (χ1) is 16.9. The van der Waals surface area contributed by atoms with Gasteiger partial charge in [-0.3, -0.25) is 4.98 Å². The highest BCUT2D eigenvalue weighted by Crippen LogP contribution is 2.37. The van der Waals surface area contributed by atoms with Gasteiger partial charge >= 0.3 is 0 Å². The van der Waals surface area contributed by atoms with E-state index in [0.29, 0.717) is 40.8 Å². The van der Waals surface area contributed by atoms with Crippen LogP contribution in [0.5, 0.6) is 0 Å². The molecule has 1 saturated carbocycles. The number of hydrogen-bond donors (Lipinski definition) is 3. The minimum atomic E-state index is -0.837. The number of nitrogens with one attached hydrogen (secondary N) is 2. The molecule has 0 aliphatic heterocycles. The Hall–Kier alpha value is -4.16. The second kappa shape index (κ2) is 10.4. The Morgan fingerprint density at radius 1 is 1.17 bits per heavy atom. The molecule has 1 aliphatic rings. The lowest BCUT2D eigenvalue weighted by Crippen LogP contribution is -2.23. The van der Waals surface area contributed by atoms with E-state index in [1.807, 2.05) is 38.4 Å². The zero-order valence-electron chi connectivity index (χ0n) is 19.9. The first kappa shape index (κ1) is 24.0. The van der Waals surface area contributed by atoms with Crippen molar-refractivity contribution in [3.8, 4) is 17.3 Å². The number of aliphatic hydroxyl groups is 1. The molecule has 0 bridgehead atoms. The zero-order chi connectivity index (χ0) is 24.8. The summed E-state index contributed by atoms with van der Waals surface area (Å²) >= 11 is 0. The van der Waals surface area contributed by atoms with Gasteiger partial charge in [-0.1, -0.05) is 31.0 Å². The lowest BCUT2D eigenvalue weighted by Gasteiger charge is -2.21. The second-order valence-electron chi connectivity index (χ2n) is 8.80. The highest BCUT2D eigenvalue weighted by Gasteiger charge is 2.34. The Morgan fingerprint density at radius 2 is 1.94 bits per heavy atom. The van der Waals surface area contributed by atoms with Gasteiger partial charge in [-0.05, 0) is 43.2 Å². The van der Waals surface area contributed by atoms with Crippen molar-refractivity contribution < 1.29 is 5.11 Å². The number of hydrogen-bond acceptors (Lipinski definition) is 9. The number of nitrogens with zero attached hydrogens (tertiary/aromatic N) is 6. The predicted octanol–water partition coefficient (Wildman–Crippen LogP) is 4.36. The smallest absolute Gasteiger partial charge is 0.225 e. The molecule has 178 valence electrons. The van der Waals surface area contributed by atoms with Crippen LogP contribution in [0.2, 0.25) is 0 Å². The molecule has 3 N–H and O–H groups in total. The second-order valence-corrected chi connectivity index (χ2v) is 8.80. The molecule has 9 heteroatoms. The fraction of sp³-hybridized carbons (Fsp3) is 0.308. The summed E-state index contributed by atoms with van der Waals surface area (Å²) < 4.78 is 0. The highest BCUT2D eigenvalue weighted by molar-refractivity contribution is 5.69. The van der Waals surface area contributed by atoms with Crippen LogP contribution in [-0.4, -0.2) is 34.2 Å². The summed E-state index contributed by atoms with van der Waals surface area (Å²) in [6, 6.07) is 16.8. The minimum absolute atomic E-state index is 0.332. The first-order valence-corrected chi connectivity index (χ1v) is 11.5. The summed E-state index contributed by atoms with van der Waals surface area (Å²) in [5.74, 6) is 0.466. The number of pyridine rings is 1. The van der Waals surface area contributed by atoms with Crippen LogP contribution in [0.4, 0.5) is 5.95 Å². The van der Waals surface area contributed by atoms with Crippen molar-refractivity contribution in [1.82, 2.24) is 20.3 Å². The first-order valence-electron chi connectivity index (χ1n) is 11.5. The van der Waals surface area contributed by atoms with Gasteiger partial charge in [0.2, 0.25) is 5.95 Å². The predicted molar refractivity (Wildman–Crippen MR) is 133 cm³/mol. The summed E-state index contributed by atoms with van der Waals surface area (Å²) in [6.45, 7) is 0.408. The molecular formula is C26H28N8O. The average molecular weight is 469 g/mol. The fourth-order valence-electron chi connectivity index (χ4n) is 4.13. The van der Waals surface area contributed by atoms with Crippen molar-refractivity contribution in [2.75, 3.05) is 19.0 Å². The Morgan fingerprint density at radius 3 is 2.66 bits per heavy atom. The maximum Gasteiger partial charge on any atom is 0.225 e. The molecule has 0 amide bonds. The van der Waals surface area contributed by atoms with Crippen LogP contribution in [0, 0.1) is 16.9 Å². The Balaban J connectivity index is 1.58. The van der Waals surface area contributed by atoms with Crippen molar-refractivity contribution >= 4 is 11.6 Å². The van der Waals surface area contributed by atoms with Crippen LogP contribution in [0.3, 0.4) is 0 Å². The number of nitriles is 1. The molecule has 0 radical (unpaired) electrons. The lowest BCUT2D eigenvalue weighted by atomic mass is 9.97. The van der Waals surface area contributed by atoms with Crippen molar-refractivity contribution in [3.63, 3.8) is 0 Å². The molecule has 1 aliphatic carbocycles. The third-order valence-electron chi connectivity index (χ3n) is 6.02. The molecule has 3 aromatic rings. The average Bonchev–Trinajstić information content (AvgIpc) is 3.34. The van der Waals surface area contributed by atoms with Gasteiger partial charge in [0, 0.05) is 25.9 Å².